The first-order valence-corrected chi connectivity index (χ1v) is 14.6. The van der Waals surface area contributed by atoms with E-state index in [1.165, 1.54) is 45.1 Å². The van der Waals surface area contributed by atoms with Crippen molar-refractivity contribution < 1.29 is 42.2 Å². The number of benzene rings is 1. The molecule has 2 N–H and O–H groups in total. The van der Waals surface area contributed by atoms with Gasteiger partial charge in [0.2, 0.25) is 5.91 Å². The molecule has 0 bridgehead atoms. The fourth-order valence-corrected chi connectivity index (χ4v) is 6.24. The maximum absolute atomic E-state index is 13.7. The molecule has 0 radical (unpaired) electrons. The highest BCUT2D eigenvalue weighted by Gasteiger charge is 2.54. The van der Waals surface area contributed by atoms with E-state index in [9.17, 15) is 18.9 Å². The number of azide groups is 1. The molecule has 18 heteroatoms. The van der Waals surface area contributed by atoms with Crippen molar-refractivity contribution in [3.05, 3.63) is 39.2 Å². The number of alkyl halides is 1. The average molecular weight is 698 g/mol. The van der Waals surface area contributed by atoms with Crippen LogP contribution in [0.5, 0.6) is 5.75 Å². The maximum atomic E-state index is 13.7. The third kappa shape index (κ3) is 7.30. The zero-order valence-electron chi connectivity index (χ0n) is 21.3. The quantitative estimate of drug-likeness (QED) is 0.0863. The number of urea groups is 1. The number of rotatable bonds is 11. The summed E-state index contributed by atoms with van der Waals surface area (Å²) in [6.45, 7) is 2.52. The maximum Gasteiger partial charge on any atom is 0.459 e. The molecule has 7 unspecified atom stereocenters. The Balaban J connectivity index is 1.82. The summed E-state index contributed by atoms with van der Waals surface area (Å²) in [6, 6.07) is 3.68. The average Bonchev–Trinajstić information content (AvgIpc) is 3.28. The normalized spacial score (nSPS) is 29.1. The highest BCUT2D eigenvalue weighted by atomic mass is 79.9. The van der Waals surface area contributed by atoms with Crippen molar-refractivity contribution in [2.75, 3.05) is 20.8 Å². The van der Waals surface area contributed by atoms with Crippen LogP contribution < -0.4 is 14.9 Å². The number of carbonyl (C=O) groups excluding carboxylic acids is 3. The van der Waals surface area contributed by atoms with Gasteiger partial charge >= 0.3 is 19.7 Å². The Morgan fingerprint density at radius 2 is 2.05 bits per heavy atom. The number of amides is 3. The van der Waals surface area contributed by atoms with Crippen molar-refractivity contribution in [1.82, 2.24) is 15.3 Å². The Morgan fingerprint density at radius 3 is 2.64 bits per heavy atom. The van der Waals surface area contributed by atoms with E-state index in [1.807, 2.05) is 0 Å². The summed E-state index contributed by atoms with van der Waals surface area (Å²) in [4.78, 5) is 41.1. The molecule has 1 aromatic rings. The Bertz CT molecular complexity index is 1180. The molecular weight excluding hydrogens is 671 g/mol. The Morgan fingerprint density at radius 1 is 1.38 bits per heavy atom. The lowest BCUT2D eigenvalue weighted by atomic mass is 10.0. The van der Waals surface area contributed by atoms with Crippen LogP contribution in [0.1, 0.15) is 20.3 Å². The van der Waals surface area contributed by atoms with Gasteiger partial charge in [-0.15, -0.1) is 0 Å². The van der Waals surface area contributed by atoms with Gasteiger partial charge in [-0.3, -0.25) is 24.3 Å². The van der Waals surface area contributed by atoms with Gasteiger partial charge in [-0.05, 0) is 43.6 Å². The van der Waals surface area contributed by atoms with Crippen molar-refractivity contribution in [1.29, 1.82) is 0 Å². The molecule has 3 amide bonds. The second-order valence-electron chi connectivity index (χ2n) is 8.68. The minimum atomic E-state index is -4.24. The number of halogens is 2. The molecule has 0 spiro atoms. The Hall–Kier alpha value is -2.23. The summed E-state index contributed by atoms with van der Waals surface area (Å²) in [5, 5.41) is 8.49. The molecule has 1 aromatic carbocycles. The van der Waals surface area contributed by atoms with Crippen molar-refractivity contribution >= 4 is 57.5 Å². The second-order valence-corrected chi connectivity index (χ2v) is 12.9. The predicted molar refractivity (Wildman–Crippen MR) is 143 cm³/mol. The number of carbonyl (C=O) groups is 3. The van der Waals surface area contributed by atoms with E-state index in [4.69, 9.17) is 24.1 Å². The van der Waals surface area contributed by atoms with Gasteiger partial charge in [-0.1, -0.05) is 37.0 Å². The van der Waals surface area contributed by atoms with Crippen LogP contribution in [0.15, 0.2) is 33.9 Å². The summed E-state index contributed by atoms with van der Waals surface area (Å²) >= 11 is 6.60. The molecule has 2 aliphatic rings. The minimum absolute atomic E-state index is 0.0203. The lowest BCUT2D eigenvalue weighted by Crippen LogP contribution is -2.69. The van der Waals surface area contributed by atoms with Crippen LogP contribution >= 0.6 is 39.6 Å². The number of methoxy groups -OCH3 is 2. The van der Waals surface area contributed by atoms with Crippen LogP contribution in [0.3, 0.4) is 0 Å². The molecule has 3 rings (SSSR count). The number of hydrogen-bond acceptors (Lipinski definition) is 10. The van der Waals surface area contributed by atoms with Crippen LogP contribution in [0, 0.1) is 0 Å². The molecule has 0 aromatic heterocycles. The lowest BCUT2D eigenvalue weighted by molar-refractivity contribution is -0.152. The van der Waals surface area contributed by atoms with E-state index >= 15 is 0 Å². The van der Waals surface area contributed by atoms with Crippen LogP contribution in [0.4, 0.5) is 4.79 Å². The first-order chi connectivity index (χ1) is 18.3. The minimum Gasteiger partial charge on any atom is -0.468 e. The van der Waals surface area contributed by atoms with Crippen LogP contribution in [-0.2, 0) is 32.9 Å². The number of ether oxygens (including phenoxy) is 3. The summed E-state index contributed by atoms with van der Waals surface area (Å²) in [5.74, 6) is -1.13. The second kappa shape index (κ2) is 13.0. The van der Waals surface area contributed by atoms with E-state index in [2.05, 4.69) is 57.0 Å². The fraction of sp³-hybridized carbons (Fsp3) is 0.571. The monoisotopic (exact) mass is 696 g/mol. The molecule has 2 fully saturated rings. The molecule has 39 heavy (non-hydrogen) atoms. The van der Waals surface area contributed by atoms with E-state index < -0.39 is 67.2 Å². The Labute approximate surface area is 240 Å². The number of hydrogen-bond donors (Lipinski definition) is 2. The summed E-state index contributed by atoms with van der Waals surface area (Å²) in [6.07, 6.45) is -3.04. The van der Waals surface area contributed by atoms with Gasteiger partial charge in [0.05, 0.1) is 25.9 Å². The van der Waals surface area contributed by atoms with Gasteiger partial charge in [0.1, 0.15) is 22.3 Å². The molecular formula is C21H27Br2N6O9P. The lowest BCUT2D eigenvalue weighted by Gasteiger charge is -2.44. The van der Waals surface area contributed by atoms with E-state index in [1.54, 1.807) is 12.1 Å². The smallest absolute Gasteiger partial charge is 0.459 e. The summed E-state index contributed by atoms with van der Waals surface area (Å²) in [5.41, 5.74) is 9.11. The Kier molecular flexibility index (Phi) is 10.4. The number of nitrogens with one attached hydrogen (secondary N) is 2. The van der Waals surface area contributed by atoms with Crippen molar-refractivity contribution in [2.45, 2.75) is 55.2 Å². The van der Waals surface area contributed by atoms with Crippen LogP contribution in [-0.4, -0.2) is 78.6 Å². The largest absolute Gasteiger partial charge is 0.468 e. The van der Waals surface area contributed by atoms with E-state index in [-0.39, 0.29) is 12.2 Å². The molecule has 2 saturated heterocycles. The number of esters is 1. The molecule has 15 nitrogen and oxygen atoms in total. The van der Waals surface area contributed by atoms with Crippen molar-refractivity contribution in [2.24, 2.45) is 5.11 Å². The third-order valence-corrected chi connectivity index (χ3v) is 8.83. The van der Waals surface area contributed by atoms with Crippen LogP contribution in [0.25, 0.3) is 10.4 Å². The predicted octanol–water partition coefficient (Wildman–Crippen LogP) is 3.58. The molecule has 2 heterocycles. The number of imide groups is 1. The van der Waals surface area contributed by atoms with Gasteiger partial charge < -0.3 is 18.7 Å². The van der Waals surface area contributed by atoms with Crippen molar-refractivity contribution in [3.63, 3.8) is 0 Å². The van der Waals surface area contributed by atoms with E-state index in [0.29, 0.717) is 0 Å². The van der Waals surface area contributed by atoms with Crippen molar-refractivity contribution in [3.8, 4) is 5.75 Å². The van der Waals surface area contributed by atoms with E-state index in [0.717, 1.165) is 4.47 Å². The topological polar surface area (TPSA) is 190 Å². The van der Waals surface area contributed by atoms with Gasteiger partial charge in [0, 0.05) is 22.9 Å². The molecule has 214 valence electrons. The fourth-order valence-electron chi connectivity index (χ4n) is 3.97. The summed E-state index contributed by atoms with van der Waals surface area (Å²) in [7, 11) is -1.74. The molecule has 7 atom stereocenters. The van der Waals surface area contributed by atoms with Gasteiger partial charge in [0.25, 0.3) is 0 Å². The molecule has 0 aliphatic carbocycles. The summed E-state index contributed by atoms with van der Waals surface area (Å²) < 4.78 is 40.5. The standard InChI is InChI=1S/C21H27Br2N6O9P/c1-11(17(30)34-3)27-39(33,38-13-7-5-12(22)6-8-13)36-10-15-14(26-28-24)9-16(37-15)29-19(35-4)21(2,23)18(31)25-20(29)32/h5-8,11,14-16,19H,9-10H2,1-4H3,(H,27,33)(H,25,31,32). The highest BCUT2D eigenvalue weighted by Crippen LogP contribution is 2.46. The van der Waals surface area contributed by atoms with Gasteiger partial charge in [-0.25, -0.2) is 9.36 Å². The molecule has 2 aliphatic heterocycles. The SMILES string of the molecule is COC(=O)C(C)NP(=O)(OCC1OC(N2C(=O)NC(=O)C(C)(Br)C2OC)CC1N=[N+]=[N-])Oc1ccc(Br)cc1. The third-order valence-electron chi connectivity index (χ3n) is 5.91. The van der Waals surface area contributed by atoms with Gasteiger partial charge in [0.15, 0.2) is 6.23 Å². The molecule has 0 saturated carbocycles. The highest BCUT2D eigenvalue weighted by molar-refractivity contribution is 9.10. The van der Waals surface area contributed by atoms with Gasteiger partial charge in [-0.2, -0.15) is 5.09 Å². The first-order valence-electron chi connectivity index (χ1n) is 11.5. The zero-order valence-corrected chi connectivity index (χ0v) is 25.3. The number of nitrogens with zero attached hydrogens (tertiary/aromatic N) is 4. The zero-order chi connectivity index (χ0) is 29.0. The first kappa shape index (κ1) is 31.3. The van der Waals surface area contributed by atoms with Crippen LogP contribution in [0.2, 0.25) is 0 Å².